The molecule has 1 unspecified atom stereocenters. The minimum Gasteiger partial charge on any atom is -0.492 e. The summed E-state index contributed by atoms with van der Waals surface area (Å²) in [5.74, 6) is 0.679. The van der Waals surface area contributed by atoms with E-state index in [1.807, 2.05) is 18.2 Å². The summed E-state index contributed by atoms with van der Waals surface area (Å²) >= 11 is 3.46. The van der Waals surface area contributed by atoms with Gasteiger partial charge in [-0.05, 0) is 28.1 Å². The predicted molar refractivity (Wildman–Crippen MR) is 73.2 cm³/mol. The second-order valence-electron chi connectivity index (χ2n) is 4.33. The highest BCUT2D eigenvalue weighted by molar-refractivity contribution is 9.10. The fourth-order valence-corrected chi connectivity index (χ4v) is 2.67. The van der Waals surface area contributed by atoms with Crippen molar-refractivity contribution in [1.82, 2.24) is 5.32 Å². The lowest BCUT2D eigenvalue weighted by Gasteiger charge is -2.27. The van der Waals surface area contributed by atoms with Crippen molar-refractivity contribution in [3.8, 4) is 5.75 Å². The second kappa shape index (κ2) is 5.09. The summed E-state index contributed by atoms with van der Waals surface area (Å²) in [6, 6.07) is 7.45. The van der Waals surface area contributed by atoms with Crippen molar-refractivity contribution < 1.29 is 13.9 Å². The van der Waals surface area contributed by atoms with Crippen LogP contribution in [0.1, 0.15) is 28.4 Å². The molecule has 1 amide bonds. The molecule has 1 aromatic carbocycles. The highest BCUT2D eigenvalue weighted by Crippen LogP contribution is 2.37. The minimum atomic E-state index is -0.133. The molecule has 1 aromatic heterocycles. The third kappa shape index (κ3) is 2.38. The number of para-hydroxylation sites is 1. The van der Waals surface area contributed by atoms with Gasteiger partial charge in [-0.25, -0.2) is 0 Å². The van der Waals surface area contributed by atoms with Crippen LogP contribution in [0.3, 0.4) is 0 Å². The van der Waals surface area contributed by atoms with Gasteiger partial charge in [-0.1, -0.05) is 12.1 Å². The number of fused-ring (bicyclic) bond motifs is 1. The lowest BCUT2D eigenvalue weighted by Crippen LogP contribution is -2.32. The Bertz CT molecular complexity index is 595. The molecule has 4 nitrogen and oxygen atoms in total. The molecule has 0 radical (unpaired) electrons. The molecule has 1 aliphatic heterocycles. The first-order chi connectivity index (χ1) is 9.25. The topological polar surface area (TPSA) is 51.5 Å². The van der Waals surface area contributed by atoms with E-state index in [1.54, 1.807) is 6.07 Å². The smallest absolute Gasteiger partial charge is 0.255 e. The van der Waals surface area contributed by atoms with E-state index in [2.05, 4.69) is 21.2 Å². The molecule has 0 aliphatic carbocycles. The summed E-state index contributed by atoms with van der Waals surface area (Å²) in [6.45, 7) is 0.589. The average molecular weight is 322 g/mol. The summed E-state index contributed by atoms with van der Waals surface area (Å²) in [4.78, 5) is 12.0. The van der Waals surface area contributed by atoms with Crippen molar-refractivity contribution in [2.45, 2.75) is 12.5 Å². The van der Waals surface area contributed by atoms with Crippen molar-refractivity contribution in [3.05, 3.63) is 52.4 Å². The van der Waals surface area contributed by atoms with Gasteiger partial charge in [0, 0.05) is 12.0 Å². The number of halogens is 1. The number of nitrogens with one attached hydrogen (secondary N) is 1. The van der Waals surface area contributed by atoms with Gasteiger partial charge in [0.1, 0.15) is 12.0 Å². The van der Waals surface area contributed by atoms with Crippen LogP contribution in [0.2, 0.25) is 0 Å². The Morgan fingerprint density at radius 1 is 1.37 bits per heavy atom. The quantitative estimate of drug-likeness (QED) is 0.923. The summed E-state index contributed by atoms with van der Waals surface area (Å²) in [5.41, 5.74) is 1.53. The van der Waals surface area contributed by atoms with Gasteiger partial charge < -0.3 is 14.5 Å². The summed E-state index contributed by atoms with van der Waals surface area (Å²) in [7, 11) is 0. The standard InChI is InChI=1S/C14H12BrNO3/c15-11-3-1-2-10-12(5-7-19-13(10)11)16-14(17)9-4-6-18-8-9/h1-4,6,8,12H,5,7H2,(H,16,17). The molecule has 98 valence electrons. The molecule has 0 fully saturated rings. The third-order valence-corrected chi connectivity index (χ3v) is 3.74. The molecular weight excluding hydrogens is 310 g/mol. The van der Waals surface area contributed by atoms with E-state index in [1.165, 1.54) is 12.5 Å². The number of hydrogen-bond acceptors (Lipinski definition) is 3. The van der Waals surface area contributed by atoms with Crippen LogP contribution in [0.25, 0.3) is 0 Å². The minimum absolute atomic E-state index is 0.0383. The van der Waals surface area contributed by atoms with Crippen LogP contribution in [0.15, 0.2) is 45.7 Å². The van der Waals surface area contributed by atoms with Crippen LogP contribution < -0.4 is 10.1 Å². The molecule has 5 heteroatoms. The third-order valence-electron chi connectivity index (χ3n) is 3.11. The molecular formula is C14H12BrNO3. The summed E-state index contributed by atoms with van der Waals surface area (Å²) < 4.78 is 11.5. The number of amides is 1. The van der Waals surface area contributed by atoms with Crippen LogP contribution in [0.4, 0.5) is 0 Å². The molecule has 1 N–H and O–H groups in total. The molecule has 0 saturated carbocycles. The Balaban J connectivity index is 1.84. The first-order valence-corrected chi connectivity index (χ1v) is 6.79. The second-order valence-corrected chi connectivity index (χ2v) is 5.19. The van der Waals surface area contributed by atoms with Crippen LogP contribution in [0, 0.1) is 0 Å². The lowest BCUT2D eigenvalue weighted by atomic mass is 10.0. The monoisotopic (exact) mass is 321 g/mol. The highest BCUT2D eigenvalue weighted by atomic mass is 79.9. The van der Waals surface area contributed by atoms with Crippen LogP contribution >= 0.6 is 15.9 Å². The number of carbonyl (C=O) groups is 1. The van der Waals surface area contributed by atoms with Gasteiger partial charge in [-0.15, -0.1) is 0 Å². The van der Waals surface area contributed by atoms with E-state index in [4.69, 9.17) is 9.15 Å². The molecule has 2 aromatic rings. The lowest BCUT2D eigenvalue weighted by molar-refractivity contribution is 0.0924. The Kier molecular flexibility index (Phi) is 3.29. The number of benzene rings is 1. The van der Waals surface area contributed by atoms with Gasteiger partial charge in [0.2, 0.25) is 0 Å². The molecule has 0 saturated heterocycles. The maximum atomic E-state index is 12.0. The number of hydrogen-bond donors (Lipinski definition) is 1. The van der Waals surface area contributed by atoms with E-state index in [9.17, 15) is 4.79 Å². The normalized spacial score (nSPS) is 17.4. The number of carbonyl (C=O) groups excluding carboxylic acids is 1. The molecule has 19 heavy (non-hydrogen) atoms. The van der Waals surface area contributed by atoms with E-state index in [0.29, 0.717) is 12.2 Å². The van der Waals surface area contributed by atoms with E-state index in [0.717, 1.165) is 22.2 Å². The van der Waals surface area contributed by atoms with Crippen molar-refractivity contribution in [3.63, 3.8) is 0 Å². The molecule has 3 rings (SSSR count). The summed E-state index contributed by atoms with van der Waals surface area (Å²) in [6.07, 6.45) is 3.69. The van der Waals surface area contributed by atoms with Gasteiger partial charge >= 0.3 is 0 Å². The van der Waals surface area contributed by atoms with E-state index >= 15 is 0 Å². The molecule has 1 aliphatic rings. The Labute approximate surface area is 118 Å². The van der Waals surface area contributed by atoms with Gasteiger partial charge in [-0.2, -0.15) is 0 Å². The SMILES string of the molecule is O=C(NC1CCOc2c(Br)cccc21)c1ccoc1. The first-order valence-electron chi connectivity index (χ1n) is 6.00. The number of ether oxygens (including phenoxy) is 1. The first kappa shape index (κ1) is 12.3. The Morgan fingerprint density at radius 2 is 2.26 bits per heavy atom. The fraction of sp³-hybridized carbons (Fsp3) is 0.214. The Hall–Kier alpha value is -1.75. The van der Waals surface area contributed by atoms with Crippen molar-refractivity contribution in [2.75, 3.05) is 6.61 Å². The van der Waals surface area contributed by atoms with Crippen molar-refractivity contribution >= 4 is 21.8 Å². The van der Waals surface area contributed by atoms with Crippen molar-refractivity contribution in [2.24, 2.45) is 0 Å². The molecule has 2 heterocycles. The summed E-state index contributed by atoms with van der Waals surface area (Å²) in [5, 5.41) is 3.00. The van der Waals surface area contributed by atoms with Gasteiger partial charge in [0.15, 0.2) is 0 Å². The zero-order valence-electron chi connectivity index (χ0n) is 10.1. The zero-order chi connectivity index (χ0) is 13.2. The maximum Gasteiger partial charge on any atom is 0.255 e. The largest absolute Gasteiger partial charge is 0.492 e. The van der Waals surface area contributed by atoms with Crippen molar-refractivity contribution in [1.29, 1.82) is 0 Å². The number of rotatable bonds is 2. The highest BCUT2D eigenvalue weighted by Gasteiger charge is 2.25. The Morgan fingerprint density at radius 3 is 3.05 bits per heavy atom. The molecule has 0 bridgehead atoms. The van der Waals surface area contributed by atoms with Gasteiger partial charge in [0.25, 0.3) is 5.91 Å². The van der Waals surface area contributed by atoms with Crippen LogP contribution in [-0.2, 0) is 0 Å². The van der Waals surface area contributed by atoms with Crippen LogP contribution in [0.5, 0.6) is 5.75 Å². The fourth-order valence-electron chi connectivity index (χ4n) is 2.17. The van der Waals surface area contributed by atoms with Gasteiger partial charge in [0.05, 0.1) is 28.9 Å². The molecule has 1 atom stereocenters. The van der Waals surface area contributed by atoms with Gasteiger partial charge in [-0.3, -0.25) is 4.79 Å². The zero-order valence-corrected chi connectivity index (χ0v) is 11.6. The average Bonchev–Trinajstić information content (AvgIpc) is 2.94. The predicted octanol–water partition coefficient (Wildman–Crippen LogP) is 3.30. The number of furan rings is 1. The van der Waals surface area contributed by atoms with E-state index < -0.39 is 0 Å². The van der Waals surface area contributed by atoms with Crippen LogP contribution in [-0.4, -0.2) is 12.5 Å². The molecule has 0 spiro atoms. The maximum absolute atomic E-state index is 12.0. The van der Waals surface area contributed by atoms with E-state index in [-0.39, 0.29) is 11.9 Å².